The van der Waals surface area contributed by atoms with Crippen LogP contribution in [-0.4, -0.2) is 28.7 Å². The standard InChI is InChI=1S/C13H23N3O/c1-6-17-13(4,5)8-14-12-7-11(10(2)3)15-9-16-12/h7,9-10H,6,8H2,1-5H3,(H,14,15,16). The lowest BCUT2D eigenvalue weighted by atomic mass is 10.1. The molecule has 0 spiro atoms. The number of hydrogen-bond donors (Lipinski definition) is 1. The highest BCUT2D eigenvalue weighted by Gasteiger charge is 2.17. The van der Waals surface area contributed by atoms with Crippen LogP contribution in [0, 0.1) is 0 Å². The number of ether oxygens (including phenoxy) is 1. The van der Waals surface area contributed by atoms with Crippen LogP contribution in [0.25, 0.3) is 0 Å². The van der Waals surface area contributed by atoms with Gasteiger partial charge in [0.25, 0.3) is 0 Å². The maximum atomic E-state index is 5.62. The normalized spacial score (nSPS) is 11.9. The SMILES string of the molecule is CCOC(C)(C)CNc1cc(C(C)C)ncn1. The van der Waals surface area contributed by atoms with E-state index >= 15 is 0 Å². The van der Waals surface area contributed by atoms with E-state index in [0.717, 1.165) is 24.7 Å². The lowest BCUT2D eigenvalue weighted by Gasteiger charge is -2.25. The van der Waals surface area contributed by atoms with Crippen LogP contribution in [-0.2, 0) is 4.74 Å². The van der Waals surface area contributed by atoms with Gasteiger partial charge in [-0.15, -0.1) is 0 Å². The number of anilines is 1. The van der Waals surface area contributed by atoms with E-state index in [1.807, 2.05) is 13.0 Å². The Hall–Kier alpha value is -1.16. The second-order valence-corrected chi connectivity index (χ2v) is 5.03. The Morgan fingerprint density at radius 1 is 1.35 bits per heavy atom. The van der Waals surface area contributed by atoms with E-state index in [2.05, 4.69) is 43.0 Å². The van der Waals surface area contributed by atoms with Gasteiger partial charge >= 0.3 is 0 Å². The lowest BCUT2D eigenvalue weighted by molar-refractivity contribution is 0.000639. The van der Waals surface area contributed by atoms with Crippen molar-refractivity contribution in [1.29, 1.82) is 0 Å². The fraction of sp³-hybridized carbons (Fsp3) is 0.692. The highest BCUT2D eigenvalue weighted by Crippen LogP contribution is 2.15. The Morgan fingerprint density at radius 3 is 2.65 bits per heavy atom. The van der Waals surface area contributed by atoms with Gasteiger partial charge < -0.3 is 10.1 Å². The number of aromatic nitrogens is 2. The molecule has 0 saturated heterocycles. The average molecular weight is 237 g/mol. The molecule has 1 rings (SSSR count). The van der Waals surface area contributed by atoms with Crippen molar-refractivity contribution in [3.8, 4) is 0 Å². The molecule has 4 nitrogen and oxygen atoms in total. The van der Waals surface area contributed by atoms with Gasteiger partial charge in [-0.1, -0.05) is 13.8 Å². The third-order valence-corrected chi connectivity index (χ3v) is 2.51. The van der Waals surface area contributed by atoms with Crippen LogP contribution in [0.5, 0.6) is 0 Å². The fourth-order valence-electron chi connectivity index (χ4n) is 1.53. The summed E-state index contributed by atoms with van der Waals surface area (Å²) in [5.41, 5.74) is 0.870. The molecule has 0 amide bonds. The van der Waals surface area contributed by atoms with Gasteiger partial charge in [0.2, 0.25) is 0 Å². The summed E-state index contributed by atoms with van der Waals surface area (Å²) in [4.78, 5) is 8.44. The Bertz CT molecular complexity index is 350. The van der Waals surface area contributed by atoms with Crippen molar-refractivity contribution < 1.29 is 4.74 Å². The largest absolute Gasteiger partial charge is 0.374 e. The molecule has 0 aliphatic rings. The van der Waals surface area contributed by atoms with Gasteiger partial charge in [-0.05, 0) is 26.7 Å². The van der Waals surface area contributed by atoms with Gasteiger partial charge in [0.05, 0.1) is 5.60 Å². The Labute approximate surface area is 104 Å². The molecule has 1 heterocycles. The van der Waals surface area contributed by atoms with Gasteiger partial charge in [0, 0.05) is 24.9 Å². The predicted molar refractivity (Wildman–Crippen MR) is 70.3 cm³/mol. The third-order valence-electron chi connectivity index (χ3n) is 2.51. The van der Waals surface area contributed by atoms with E-state index < -0.39 is 0 Å². The summed E-state index contributed by atoms with van der Waals surface area (Å²) in [6.45, 7) is 11.8. The summed E-state index contributed by atoms with van der Waals surface area (Å²) in [6.07, 6.45) is 1.60. The first-order valence-electron chi connectivity index (χ1n) is 6.14. The van der Waals surface area contributed by atoms with Crippen molar-refractivity contribution in [3.05, 3.63) is 18.1 Å². The Kier molecular flexibility index (Phi) is 4.87. The van der Waals surface area contributed by atoms with Crippen LogP contribution in [0.15, 0.2) is 12.4 Å². The molecule has 96 valence electrons. The molecule has 0 fully saturated rings. The molecule has 17 heavy (non-hydrogen) atoms. The summed E-state index contributed by atoms with van der Waals surface area (Å²) in [6, 6.07) is 1.99. The summed E-state index contributed by atoms with van der Waals surface area (Å²) in [5.74, 6) is 1.27. The smallest absolute Gasteiger partial charge is 0.129 e. The third kappa shape index (κ3) is 4.69. The van der Waals surface area contributed by atoms with Gasteiger partial charge in [0.1, 0.15) is 12.1 Å². The van der Waals surface area contributed by atoms with Crippen molar-refractivity contribution in [2.24, 2.45) is 0 Å². The average Bonchev–Trinajstić information content (AvgIpc) is 2.27. The maximum Gasteiger partial charge on any atom is 0.129 e. The zero-order valence-corrected chi connectivity index (χ0v) is 11.4. The van der Waals surface area contributed by atoms with E-state index in [1.165, 1.54) is 0 Å². The monoisotopic (exact) mass is 237 g/mol. The molecule has 4 heteroatoms. The minimum Gasteiger partial charge on any atom is -0.374 e. The molecule has 0 aromatic carbocycles. The first kappa shape index (κ1) is 13.9. The molecule has 0 unspecified atom stereocenters. The van der Waals surface area contributed by atoms with Crippen LogP contribution < -0.4 is 5.32 Å². The minimum absolute atomic E-state index is 0.183. The van der Waals surface area contributed by atoms with E-state index in [9.17, 15) is 0 Å². The van der Waals surface area contributed by atoms with Gasteiger partial charge in [0.15, 0.2) is 0 Å². The van der Waals surface area contributed by atoms with E-state index in [0.29, 0.717) is 5.92 Å². The second kappa shape index (κ2) is 5.96. The van der Waals surface area contributed by atoms with Crippen molar-refractivity contribution >= 4 is 5.82 Å². The molecule has 0 aliphatic heterocycles. The maximum absolute atomic E-state index is 5.62. The van der Waals surface area contributed by atoms with Crippen LogP contribution >= 0.6 is 0 Å². The summed E-state index contributed by atoms with van der Waals surface area (Å²) in [5, 5.41) is 3.29. The molecular formula is C13H23N3O. The zero-order chi connectivity index (χ0) is 12.9. The van der Waals surface area contributed by atoms with Crippen LogP contribution in [0.3, 0.4) is 0 Å². The molecule has 0 radical (unpaired) electrons. The summed E-state index contributed by atoms with van der Waals surface area (Å²) in [7, 11) is 0. The fourth-order valence-corrected chi connectivity index (χ4v) is 1.53. The molecule has 0 atom stereocenters. The lowest BCUT2D eigenvalue weighted by Crippen LogP contribution is -2.33. The zero-order valence-electron chi connectivity index (χ0n) is 11.4. The number of hydrogen-bond acceptors (Lipinski definition) is 4. The highest BCUT2D eigenvalue weighted by molar-refractivity contribution is 5.35. The number of rotatable bonds is 6. The van der Waals surface area contributed by atoms with Gasteiger partial charge in [-0.2, -0.15) is 0 Å². The summed E-state index contributed by atoms with van der Waals surface area (Å²) < 4.78 is 5.62. The number of nitrogens with one attached hydrogen (secondary N) is 1. The van der Waals surface area contributed by atoms with Crippen molar-refractivity contribution in [1.82, 2.24) is 9.97 Å². The van der Waals surface area contributed by atoms with Crippen molar-refractivity contribution in [2.75, 3.05) is 18.5 Å². The Balaban J connectivity index is 2.60. The first-order chi connectivity index (χ1) is 7.94. The van der Waals surface area contributed by atoms with Gasteiger partial charge in [-0.3, -0.25) is 0 Å². The van der Waals surface area contributed by atoms with Crippen LogP contribution in [0.1, 0.15) is 46.2 Å². The number of nitrogens with zero attached hydrogens (tertiary/aromatic N) is 2. The molecule has 0 aliphatic carbocycles. The highest BCUT2D eigenvalue weighted by atomic mass is 16.5. The first-order valence-corrected chi connectivity index (χ1v) is 6.14. The topological polar surface area (TPSA) is 47.0 Å². The van der Waals surface area contributed by atoms with Crippen LogP contribution in [0.4, 0.5) is 5.82 Å². The molecule has 0 saturated carbocycles. The van der Waals surface area contributed by atoms with Gasteiger partial charge in [-0.25, -0.2) is 9.97 Å². The van der Waals surface area contributed by atoms with Crippen molar-refractivity contribution in [2.45, 2.75) is 46.1 Å². The minimum atomic E-state index is -0.183. The van der Waals surface area contributed by atoms with E-state index in [-0.39, 0.29) is 5.60 Å². The Morgan fingerprint density at radius 2 is 2.06 bits per heavy atom. The summed E-state index contributed by atoms with van der Waals surface area (Å²) >= 11 is 0. The quantitative estimate of drug-likeness (QED) is 0.826. The molecule has 1 N–H and O–H groups in total. The van der Waals surface area contributed by atoms with Crippen LogP contribution in [0.2, 0.25) is 0 Å². The van der Waals surface area contributed by atoms with Crippen molar-refractivity contribution in [3.63, 3.8) is 0 Å². The predicted octanol–water partition coefficient (Wildman–Crippen LogP) is 2.83. The van der Waals surface area contributed by atoms with E-state index in [1.54, 1.807) is 6.33 Å². The molecular weight excluding hydrogens is 214 g/mol. The molecule has 0 bridgehead atoms. The van der Waals surface area contributed by atoms with E-state index in [4.69, 9.17) is 4.74 Å². The second-order valence-electron chi connectivity index (χ2n) is 5.03. The molecule has 1 aromatic rings. The molecule has 1 aromatic heterocycles.